The summed E-state index contributed by atoms with van der Waals surface area (Å²) in [5.74, 6) is -0.982. The van der Waals surface area contributed by atoms with Crippen molar-refractivity contribution in [3.05, 3.63) is 54.1 Å². The highest BCUT2D eigenvalue weighted by Gasteiger charge is 2.04. The Morgan fingerprint density at radius 1 is 0.842 bits per heavy atom. The Kier molecular flexibility index (Phi) is 4.47. The van der Waals surface area contributed by atoms with Crippen LogP contribution >= 0.6 is 0 Å². The minimum Gasteiger partial charge on any atom is -0.491 e. The van der Waals surface area contributed by atoms with E-state index in [4.69, 9.17) is 9.47 Å². The highest BCUT2D eigenvalue weighted by atomic mass is 19.2. The van der Waals surface area contributed by atoms with E-state index < -0.39 is 11.6 Å². The molecule has 0 fully saturated rings. The Bertz CT molecular complexity index is 538. The Labute approximate surface area is 110 Å². The van der Waals surface area contributed by atoms with E-state index in [9.17, 15) is 8.78 Å². The SMILES string of the molecule is COCCOc1ccc(-c2ccc(F)c(F)c2)cc1. The second kappa shape index (κ2) is 6.29. The molecule has 4 heteroatoms. The predicted octanol–water partition coefficient (Wildman–Crippen LogP) is 3.66. The van der Waals surface area contributed by atoms with Crippen molar-refractivity contribution in [2.45, 2.75) is 0 Å². The molecule has 0 aliphatic heterocycles. The molecular formula is C15H14F2O2. The second-order valence-electron chi connectivity index (χ2n) is 3.99. The van der Waals surface area contributed by atoms with Crippen LogP contribution in [0.1, 0.15) is 0 Å². The molecule has 2 aromatic rings. The van der Waals surface area contributed by atoms with Crippen LogP contribution in [-0.2, 0) is 4.74 Å². The number of ether oxygens (including phenoxy) is 2. The van der Waals surface area contributed by atoms with E-state index in [2.05, 4.69) is 0 Å². The van der Waals surface area contributed by atoms with E-state index in [-0.39, 0.29) is 0 Å². The molecule has 0 spiro atoms. The van der Waals surface area contributed by atoms with E-state index in [1.54, 1.807) is 37.4 Å². The summed E-state index contributed by atoms with van der Waals surface area (Å²) in [7, 11) is 1.61. The maximum Gasteiger partial charge on any atom is 0.159 e. The largest absolute Gasteiger partial charge is 0.491 e. The van der Waals surface area contributed by atoms with Crippen molar-refractivity contribution in [3.8, 4) is 16.9 Å². The van der Waals surface area contributed by atoms with Crippen molar-refractivity contribution in [1.82, 2.24) is 0 Å². The first-order valence-corrected chi connectivity index (χ1v) is 5.88. The molecule has 0 aromatic heterocycles. The van der Waals surface area contributed by atoms with E-state index in [1.165, 1.54) is 6.07 Å². The van der Waals surface area contributed by atoms with Gasteiger partial charge in [0.05, 0.1) is 6.61 Å². The molecule has 0 saturated carbocycles. The lowest BCUT2D eigenvalue weighted by molar-refractivity contribution is 0.146. The summed E-state index contributed by atoms with van der Waals surface area (Å²) < 4.78 is 36.3. The number of rotatable bonds is 5. The minimum absolute atomic E-state index is 0.473. The zero-order chi connectivity index (χ0) is 13.7. The average molecular weight is 264 g/mol. The standard InChI is InChI=1S/C15H14F2O2/c1-18-8-9-19-13-5-2-11(3-6-13)12-4-7-14(16)15(17)10-12/h2-7,10H,8-9H2,1H3. The van der Waals surface area contributed by atoms with Crippen molar-refractivity contribution in [3.63, 3.8) is 0 Å². The third-order valence-corrected chi connectivity index (χ3v) is 2.66. The average Bonchev–Trinajstić information content (AvgIpc) is 2.43. The summed E-state index contributed by atoms with van der Waals surface area (Å²) in [6.07, 6.45) is 0. The van der Waals surface area contributed by atoms with Crippen LogP contribution in [0, 0.1) is 11.6 Å². The van der Waals surface area contributed by atoms with Crippen molar-refractivity contribution < 1.29 is 18.3 Å². The van der Waals surface area contributed by atoms with Gasteiger partial charge in [0.1, 0.15) is 12.4 Å². The monoisotopic (exact) mass is 264 g/mol. The van der Waals surface area contributed by atoms with Crippen molar-refractivity contribution in [2.75, 3.05) is 20.3 Å². The Hall–Kier alpha value is -1.94. The molecule has 0 aliphatic carbocycles. The Balaban J connectivity index is 2.11. The molecule has 2 aromatic carbocycles. The maximum atomic E-state index is 13.1. The molecule has 19 heavy (non-hydrogen) atoms. The fourth-order valence-corrected chi connectivity index (χ4v) is 1.66. The van der Waals surface area contributed by atoms with Gasteiger partial charge in [-0.25, -0.2) is 8.78 Å². The van der Waals surface area contributed by atoms with Crippen LogP contribution in [0.3, 0.4) is 0 Å². The van der Waals surface area contributed by atoms with Crippen LogP contribution < -0.4 is 4.74 Å². The van der Waals surface area contributed by atoms with Crippen molar-refractivity contribution in [1.29, 1.82) is 0 Å². The van der Waals surface area contributed by atoms with Gasteiger partial charge in [0, 0.05) is 7.11 Å². The van der Waals surface area contributed by atoms with Gasteiger partial charge in [0.25, 0.3) is 0 Å². The van der Waals surface area contributed by atoms with Gasteiger partial charge in [0.15, 0.2) is 11.6 Å². The first-order valence-electron chi connectivity index (χ1n) is 5.88. The summed E-state index contributed by atoms with van der Waals surface area (Å²) >= 11 is 0. The van der Waals surface area contributed by atoms with E-state index >= 15 is 0 Å². The zero-order valence-corrected chi connectivity index (χ0v) is 10.5. The molecule has 0 amide bonds. The molecule has 2 rings (SSSR count). The molecule has 0 radical (unpaired) electrons. The molecule has 0 aliphatic rings. The first kappa shape index (κ1) is 13.5. The lowest BCUT2D eigenvalue weighted by atomic mass is 10.1. The predicted molar refractivity (Wildman–Crippen MR) is 69.2 cm³/mol. The molecular weight excluding hydrogens is 250 g/mol. The summed E-state index contributed by atoms with van der Waals surface area (Å²) in [5, 5.41) is 0. The molecule has 2 nitrogen and oxygen atoms in total. The highest BCUT2D eigenvalue weighted by molar-refractivity contribution is 5.64. The smallest absolute Gasteiger partial charge is 0.159 e. The van der Waals surface area contributed by atoms with Gasteiger partial charge >= 0.3 is 0 Å². The number of benzene rings is 2. The topological polar surface area (TPSA) is 18.5 Å². The summed E-state index contributed by atoms with van der Waals surface area (Å²) in [6.45, 7) is 0.992. The molecule has 0 bridgehead atoms. The van der Waals surface area contributed by atoms with Crippen molar-refractivity contribution >= 4 is 0 Å². The Morgan fingerprint density at radius 3 is 2.16 bits per heavy atom. The molecule has 100 valence electrons. The molecule has 0 heterocycles. The third-order valence-electron chi connectivity index (χ3n) is 2.66. The van der Waals surface area contributed by atoms with Crippen LogP contribution in [0.15, 0.2) is 42.5 Å². The van der Waals surface area contributed by atoms with Gasteiger partial charge in [0.2, 0.25) is 0 Å². The van der Waals surface area contributed by atoms with Gasteiger partial charge < -0.3 is 9.47 Å². The number of hydrogen-bond acceptors (Lipinski definition) is 2. The molecule has 0 saturated heterocycles. The quantitative estimate of drug-likeness (QED) is 0.767. The van der Waals surface area contributed by atoms with Gasteiger partial charge in [-0.05, 0) is 35.4 Å². The van der Waals surface area contributed by atoms with E-state index in [0.717, 1.165) is 11.6 Å². The van der Waals surface area contributed by atoms with Crippen LogP contribution in [0.25, 0.3) is 11.1 Å². The lowest BCUT2D eigenvalue weighted by Gasteiger charge is -2.07. The molecule has 0 N–H and O–H groups in total. The summed E-state index contributed by atoms with van der Waals surface area (Å²) in [4.78, 5) is 0. The number of methoxy groups -OCH3 is 1. The van der Waals surface area contributed by atoms with Gasteiger partial charge in [-0.15, -0.1) is 0 Å². The minimum atomic E-state index is -0.849. The normalized spacial score (nSPS) is 10.5. The Morgan fingerprint density at radius 2 is 1.53 bits per heavy atom. The molecule has 0 atom stereocenters. The van der Waals surface area contributed by atoms with Crippen LogP contribution in [0.2, 0.25) is 0 Å². The van der Waals surface area contributed by atoms with Crippen molar-refractivity contribution in [2.24, 2.45) is 0 Å². The second-order valence-corrected chi connectivity index (χ2v) is 3.99. The number of halogens is 2. The van der Waals surface area contributed by atoms with E-state index in [1.807, 2.05) is 0 Å². The highest BCUT2D eigenvalue weighted by Crippen LogP contribution is 2.23. The van der Waals surface area contributed by atoms with Crippen LogP contribution in [0.5, 0.6) is 5.75 Å². The fourth-order valence-electron chi connectivity index (χ4n) is 1.66. The fraction of sp³-hybridized carbons (Fsp3) is 0.200. The molecule has 0 unspecified atom stereocenters. The summed E-state index contributed by atoms with van der Waals surface area (Å²) in [5.41, 5.74) is 1.43. The van der Waals surface area contributed by atoms with E-state index in [0.29, 0.717) is 24.5 Å². The lowest BCUT2D eigenvalue weighted by Crippen LogP contribution is -2.03. The third kappa shape index (κ3) is 3.51. The summed E-state index contributed by atoms with van der Waals surface area (Å²) in [6, 6.07) is 11.0. The maximum absolute atomic E-state index is 13.1. The van der Waals surface area contributed by atoms with Gasteiger partial charge in [-0.3, -0.25) is 0 Å². The zero-order valence-electron chi connectivity index (χ0n) is 10.5. The van der Waals surface area contributed by atoms with Crippen LogP contribution in [-0.4, -0.2) is 20.3 Å². The van der Waals surface area contributed by atoms with Gasteiger partial charge in [-0.2, -0.15) is 0 Å². The van der Waals surface area contributed by atoms with Gasteiger partial charge in [-0.1, -0.05) is 18.2 Å². The first-order chi connectivity index (χ1) is 9.20. The number of hydrogen-bond donors (Lipinski definition) is 0. The van der Waals surface area contributed by atoms with Crippen LogP contribution in [0.4, 0.5) is 8.78 Å².